The van der Waals surface area contributed by atoms with E-state index in [2.05, 4.69) is 5.32 Å². The highest BCUT2D eigenvalue weighted by atomic mass is 35.5. The zero-order valence-electron chi connectivity index (χ0n) is 10.2. The first-order valence-corrected chi connectivity index (χ1v) is 5.95. The SMILES string of the molecule is CCN(CC)C(=O)Nc1cc(Cl)cc(C(=O)O)c1. The van der Waals surface area contributed by atoms with E-state index in [0.717, 1.165) is 0 Å². The first kappa shape index (κ1) is 14.3. The molecule has 0 aromatic heterocycles. The van der Waals surface area contributed by atoms with Gasteiger partial charge in [0.15, 0.2) is 0 Å². The van der Waals surface area contributed by atoms with Crippen LogP contribution in [0.4, 0.5) is 10.5 Å². The highest BCUT2D eigenvalue weighted by Crippen LogP contribution is 2.19. The predicted molar refractivity (Wildman–Crippen MR) is 70.4 cm³/mol. The Labute approximate surface area is 110 Å². The molecular formula is C12H15ClN2O3. The molecule has 5 nitrogen and oxygen atoms in total. The van der Waals surface area contributed by atoms with Crippen LogP contribution in [-0.2, 0) is 0 Å². The number of carboxylic acid groups (broad SMARTS) is 1. The van der Waals surface area contributed by atoms with Crippen LogP contribution in [0.3, 0.4) is 0 Å². The maximum atomic E-state index is 11.8. The Morgan fingerprint density at radius 3 is 2.39 bits per heavy atom. The van der Waals surface area contributed by atoms with Gasteiger partial charge in [0.1, 0.15) is 0 Å². The van der Waals surface area contributed by atoms with Gasteiger partial charge in [-0.1, -0.05) is 11.6 Å². The van der Waals surface area contributed by atoms with E-state index < -0.39 is 5.97 Å². The average molecular weight is 271 g/mol. The molecule has 0 bridgehead atoms. The van der Waals surface area contributed by atoms with Crippen molar-refractivity contribution in [2.45, 2.75) is 13.8 Å². The zero-order chi connectivity index (χ0) is 13.7. The monoisotopic (exact) mass is 270 g/mol. The summed E-state index contributed by atoms with van der Waals surface area (Å²) in [5.74, 6) is -1.09. The van der Waals surface area contributed by atoms with Gasteiger partial charge in [-0.15, -0.1) is 0 Å². The van der Waals surface area contributed by atoms with Gasteiger partial charge in [-0.25, -0.2) is 9.59 Å². The van der Waals surface area contributed by atoms with Gasteiger partial charge in [0.25, 0.3) is 0 Å². The van der Waals surface area contributed by atoms with E-state index in [9.17, 15) is 9.59 Å². The first-order chi connectivity index (χ1) is 8.47. The number of hydrogen-bond donors (Lipinski definition) is 2. The van der Waals surface area contributed by atoms with E-state index in [0.29, 0.717) is 18.8 Å². The van der Waals surface area contributed by atoms with Crippen molar-refractivity contribution in [3.05, 3.63) is 28.8 Å². The fourth-order valence-corrected chi connectivity index (χ4v) is 1.73. The van der Waals surface area contributed by atoms with E-state index in [1.807, 2.05) is 13.8 Å². The molecule has 6 heteroatoms. The molecule has 1 rings (SSSR count). The van der Waals surface area contributed by atoms with Crippen LogP contribution in [0.5, 0.6) is 0 Å². The molecule has 1 aromatic carbocycles. The summed E-state index contributed by atoms with van der Waals surface area (Å²) in [4.78, 5) is 24.2. The lowest BCUT2D eigenvalue weighted by Crippen LogP contribution is -2.34. The van der Waals surface area contributed by atoms with Crippen LogP contribution >= 0.6 is 11.6 Å². The van der Waals surface area contributed by atoms with E-state index >= 15 is 0 Å². The Balaban J connectivity index is 2.90. The molecule has 1 aromatic rings. The quantitative estimate of drug-likeness (QED) is 0.884. The number of hydrogen-bond acceptors (Lipinski definition) is 2. The Hall–Kier alpha value is -1.75. The van der Waals surface area contributed by atoms with Crippen molar-refractivity contribution < 1.29 is 14.7 Å². The number of anilines is 1. The molecule has 0 spiro atoms. The first-order valence-electron chi connectivity index (χ1n) is 5.57. The minimum absolute atomic E-state index is 0.0392. The summed E-state index contributed by atoms with van der Waals surface area (Å²) in [5.41, 5.74) is 0.411. The van der Waals surface area contributed by atoms with Crippen molar-refractivity contribution in [1.29, 1.82) is 0 Å². The molecule has 2 amide bonds. The van der Waals surface area contributed by atoms with E-state index in [4.69, 9.17) is 16.7 Å². The highest BCUT2D eigenvalue weighted by Gasteiger charge is 2.12. The fraction of sp³-hybridized carbons (Fsp3) is 0.333. The van der Waals surface area contributed by atoms with Crippen LogP contribution in [0.2, 0.25) is 5.02 Å². The summed E-state index contributed by atoms with van der Waals surface area (Å²) in [6.45, 7) is 4.89. The zero-order valence-corrected chi connectivity index (χ0v) is 11.0. The summed E-state index contributed by atoms with van der Waals surface area (Å²) in [6.07, 6.45) is 0. The standard InChI is InChI=1S/C12H15ClN2O3/c1-3-15(4-2)12(18)14-10-6-8(11(16)17)5-9(13)7-10/h5-7H,3-4H2,1-2H3,(H,14,18)(H,16,17). The Morgan fingerprint density at radius 1 is 1.28 bits per heavy atom. The second kappa shape index (κ2) is 6.26. The summed E-state index contributed by atoms with van der Waals surface area (Å²) >= 11 is 5.80. The van der Waals surface area contributed by atoms with E-state index in [-0.39, 0.29) is 16.6 Å². The minimum atomic E-state index is -1.09. The number of nitrogens with zero attached hydrogens (tertiary/aromatic N) is 1. The minimum Gasteiger partial charge on any atom is -0.478 e. The van der Waals surface area contributed by atoms with Gasteiger partial charge in [0, 0.05) is 23.8 Å². The molecular weight excluding hydrogens is 256 g/mol. The number of benzene rings is 1. The lowest BCUT2D eigenvalue weighted by molar-refractivity contribution is 0.0697. The lowest BCUT2D eigenvalue weighted by atomic mass is 10.2. The van der Waals surface area contributed by atoms with Gasteiger partial charge in [-0.2, -0.15) is 0 Å². The summed E-state index contributed by atoms with van der Waals surface area (Å²) in [7, 11) is 0. The maximum absolute atomic E-state index is 11.8. The Bertz CT molecular complexity index is 459. The normalized spacial score (nSPS) is 9.94. The van der Waals surface area contributed by atoms with Gasteiger partial charge in [0.2, 0.25) is 0 Å². The Kier molecular flexibility index (Phi) is 4.97. The number of carbonyl (C=O) groups excluding carboxylic acids is 1. The van der Waals surface area contributed by atoms with Crippen molar-refractivity contribution in [2.75, 3.05) is 18.4 Å². The summed E-state index contributed by atoms with van der Waals surface area (Å²) in [6, 6.07) is 3.93. The van der Waals surface area contributed by atoms with Crippen molar-refractivity contribution in [3.8, 4) is 0 Å². The maximum Gasteiger partial charge on any atom is 0.335 e. The second-order valence-corrected chi connectivity index (χ2v) is 4.07. The van der Waals surface area contributed by atoms with Crippen molar-refractivity contribution >= 4 is 29.3 Å². The topological polar surface area (TPSA) is 69.6 Å². The average Bonchev–Trinajstić information content (AvgIpc) is 2.29. The highest BCUT2D eigenvalue weighted by molar-refractivity contribution is 6.31. The molecule has 0 saturated heterocycles. The van der Waals surface area contributed by atoms with Crippen LogP contribution in [-0.4, -0.2) is 35.1 Å². The van der Waals surface area contributed by atoms with Gasteiger partial charge in [0.05, 0.1) is 5.56 Å². The molecule has 2 N–H and O–H groups in total. The number of urea groups is 1. The molecule has 0 aliphatic rings. The Morgan fingerprint density at radius 2 is 1.89 bits per heavy atom. The van der Waals surface area contributed by atoms with Gasteiger partial charge < -0.3 is 15.3 Å². The molecule has 0 radical (unpaired) electrons. The predicted octanol–water partition coefficient (Wildman–Crippen LogP) is 2.91. The van der Waals surface area contributed by atoms with Crippen LogP contribution in [0.15, 0.2) is 18.2 Å². The molecule has 0 fully saturated rings. The molecule has 0 aliphatic heterocycles. The molecule has 0 heterocycles. The number of halogens is 1. The van der Waals surface area contributed by atoms with Crippen LogP contribution in [0.1, 0.15) is 24.2 Å². The third kappa shape index (κ3) is 3.63. The lowest BCUT2D eigenvalue weighted by Gasteiger charge is -2.19. The van der Waals surface area contributed by atoms with Crippen LogP contribution in [0.25, 0.3) is 0 Å². The summed E-state index contributed by atoms with van der Waals surface area (Å²) < 4.78 is 0. The molecule has 18 heavy (non-hydrogen) atoms. The van der Waals surface area contributed by atoms with Gasteiger partial charge in [-0.3, -0.25) is 0 Å². The number of aromatic carboxylic acids is 1. The molecule has 0 unspecified atom stereocenters. The van der Waals surface area contributed by atoms with E-state index in [1.54, 1.807) is 4.90 Å². The van der Waals surface area contributed by atoms with Crippen molar-refractivity contribution in [2.24, 2.45) is 0 Å². The molecule has 0 aliphatic carbocycles. The van der Waals surface area contributed by atoms with Crippen LogP contribution in [0, 0.1) is 0 Å². The smallest absolute Gasteiger partial charge is 0.335 e. The largest absolute Gasteiger partial charge is 0.478 e. The molecule has 0 atom stereocenters. The van der Waals surface area contributed by atoms with Crippen LogP contribution < -0.4 is 5.32 Å². The van der Waals surface area contributed by atoms with Crippen molar-refractivity contribution in [3.63, 3.8) is 0 Å². The fourth-order valence-electron chi connectivity index (χ4n) is 1.50. The van der Waals surface area contributed by atoms with Gasteiger partial charge >= 0.3 is 12.0 Å². The molecule has 0 saturated carbocycles. The number of nitrogens with one attached hydrogen (secondary N) is 1. The number of amides is 2. The third-order valence-electron chi connectivity index (χ3n) is 2.45. The van der Waals surface area contributed by atoms with E-state index in [1.165, 1.54) is 18.2 Å². The van der Waals surface area contributed by atoms with Gasteiger partial charge in [-0.05, 0) is 32.0 Å². The third-order valence-corrected chi connectivity index (χ3v) is 2.66. The number of rotatable bonds is 4. The van der Waals surface area contributed by atoms with Crippen molar-refractivity contribution in [1.82, 2.24) is 4.90 Å². The number of carbonyl (C=O) groups is 2. The number of carboxylic acids is 1. The molecule has 98 valence electrons. The summed E-state index contributed by atoms with van der Waals surface area (Å²) in [5, 5.41) is 11.8. The second-order valence-electron chi connectivity index (χ2n) is 3.64.